The molecule has 0 saturated heterocycles. The number of hydrogen-bond acceptors (Lipinski definition) is 6. The first-order chi connectivity index (χ1) is 18.0. The number of carbonyl (C=O) groups excluding carboxylic acids is 1. The smallest absolute Gasteiger partial charge is 0.252 e. The first-order valence-corrected chi connectivity index (χ1v) is 13.7. The number of aliphatic imine (C=N–C) groups is 1. The highest BCUT2D eigenvalue weighted by Crippen LogP contribution is 2.28. The molecule has 7 nitrogen and oxygen atoms in total. The molecule has 0 saturated carbocycles. The maximum atomic E-state index is 12.4. The predicted octanol–water partition coefficient (Wildman–Crippen LogP) is 6.97. The highest BCUT2D eigenvalue weighted by Gasteiger charge is 2.30. The quantitative estimate of drug-likeness (QED) is 0.165. The van der Waals surface area contributed by atoms with Crippen LogP contribution < -0.4 is 0 Å². The van der Waals surface area contributed by atoms with Crippen molar-refractivity contribution >= 4 is 11.7 Å². The molecule has 0 aliphatic carbocycles. The van der Waals surface area contributed by atoms with Crippen molar-refractivity contribution in [1.29, 1.82) is 0 Å². The van der Waals surface area contributed by atoms with E-state index in [9.17, 15) is 14.3 Å². The van der Waals surface area contributed by atoms with E-state index in [2.05, 4.69) is 27.4 Å². The molecule has 1 aliphatic rings. The minimum absolute atomic E-state index is 0.119. The zero-order chi connectivity index (χ0) is 29.7. The minimum Gasteiger partial charge on any atom is -0.376 e. The van der Waals surface area contributed by atoms with E-state index in [1.54, 1.807) is 26.1 Å². The Labute approximate surface area is 231 Å². The van der Waals surface area contributed by atoms with Gasteiger partial charge in [0.05, 0.1) is 30.7 Å². The van der Waals surface area contributed by atoms with Crippen LogP contribution in [0.4, 0.5) is 4.39 Å². The fraction of sp³-hybridized carbons (Fsp3) is 0.667. The molecule has 0 aromatic carbocycles. The summed E-state index contributed by atoms with van der Waals surface area (Å²) in [5, 5.41) is 12.2. The molecule has 8 heteroatoms. The molecular weight excluding hydrogens is 485 g/mol. The lowest BCUT2D eigenvalue weighted by Crippen LogP contribution is -2.45. The Morgan fingerprint density at radius 2 is 1.92 bits per heavy atom. The summed E-state index contributed by atoms with van der Waals surface area (Å²) in [7, 11) is 3.03. The summed E-state index contributed by atoms with van der Waals surface area (Å²) in [4.78, 5) is 24.1. The lowest BCUT2D eigenvalue weighted by atomic mass is 10.0. The van der Waals surface area contributed by atoms with Crippen LogP contribution in [0.15, 0.2) is 53.5 Å². The monoisotopic (exact) mass is 539 g/mol. The number of halogens is 1. The first kappa shape index (κ1) is 37.9. The number of allylic oxidation sites excluding steroid dienone is 2. The summed E-state index contributed by atoms with van der Waals surface area (Å²) in [6.07, 6.45) is 11.0. The van der Waals surface area contributed by atoms with E-state index < -0.39 is 12.1 Å². The second kappa shape index (κ2) is 21.6. The van der Waals surface area contributed by atoms with E-state index in [-0.39, 0.29) is 11.5 Å². The Morgan fingerprint density at radius 1 is 1.29 bits per heavy atom. The summed E-state index contributed by atoms with van der Waals surface area (Å²) in [6, 6.07) is 0. The van der Waals surface area contributed by atoms with Crippen LogP contribution in [0.5, 0.6) is 0 Å². The van der Waals surface area contributed by atoms with Gasteiger partial charge in [-0.25, -0.2) is 14.4 Å². The van der Waals surface area contributed by atoms with Crippen molar-refractivity contribution in [3.05, 3.63) is 48.5 Å². The van der Waals surface area contributed by atoms with Crippen LogP contribution in [0.1, 0.15) is 87.5 Å². The van der Waals surface area contributed by atoms with Gasteiger partial charge in [-0.1, -0.05) is 45.4 Å². The Kier molecular flexibility index (Phi) is 21.5. The average Bonchev–Trinajstić information content (AvgIpc) is 2.88. The molecule has 0 spiro atoms. The number of amidine groups is 1. The molecule has 38 heavy (non-hydrogen) atoms. The van der Waals surface area contributed by atoms with E-state index >= 15 is 0 Å². The van der Waals surface area contributed by atoms with E-state index in [1.165, 1.54) is 18.2 Å². The van der Waals surface area contributed by atoms with Gasteiger partial charge in [0.1, 0.15) is 5.84 Å². The van der Waals surface area contributed by atoms with E-state index in [0.29, 0.717) is 24.1 Å². The fourth-order valence-corrected chi connectivity index (χ4v) is 3.40. The molecule has 2 unspecified atom stereocenters. The Bertz CT molecular complexity index is 785. The van der Waals surface area contributed by atoms with Gasteiger partial charge in [-0.2, -0.15) is 0 Å². The minimum atomic E-state index is -0.826. The standard InChI is InChI=1S/C24H41N3O4.C4H7F.C2H6/c1-9-15-27-21(14-12-11-13-16-31-24(4,5)6)25-20(19(10-2)23(27)29)17-18(3)22(28)26(7)30-8;1-2-3-4-5;1-2/h9-10,17-18,23,29H,1,11-16H2,2-8H3;3-4H,2H2,1H3;1-2H3/b19-10+,20-17+;4-3+;. The summed E-state index contributed by atoms with van der Waals surface area (Å²) in [6.45, 7) is 20.8. The van der Waals surface area contributed by atoms with Gasteiger partial charge in [0.25, 0.3) is 5.91 Å². The summed E-state index contributed by atoms with van der Waals surface area (Å²) < 4.78 is 16.6. The van der Waals surface area contributed by atoms with Gasteiger partial charge in [0, 0.05) is 32.2 Å². The number of nitrogens with zero attached hydrogens (tertiary/aromatic N) is 3. The molecule has 0 fully saturated rings. The van der Waals surface area contributed by atoms with Crippen molar-refractivity contribution in [3.8, 4) is 0 Å². The van der Waals surface area contributed by atoms with Gasteiger partial charge in [-0.05, 0) is 60.0 Å². The maximum Gasteiger partial charge on any atom is 0.252 e. The number of rotatable bonds is 12. The van der Waals surface area contributed by atoms with Gasteiger partial charge in [-0.15, -0.1) is 6.58 Å². The first-order valence-electron chi connectivity index (χ1n) is 13.7. The van der Waals surface area contributed by atoms with Gasteiger partial charge in [0.15, 0.2) is 6.23 Å². The van der Waals surface area contributed by atoms with Crippen LogP contribution in [0.25, 0.3) is 0 Å². The Morgan fingerprint density at radius 3 is 2.37 bits per heavy atom. The molecule has 1 rings (SSSR count). The number of aliphatic hydroxyl groups is 1. The second-order valence-electron chi connectivity index (χ2n) is 9.49. The van der Waals surface area contributed by atoms with Crippen molar-refractivity contribution in [2.75, 3.05) is 27.3 Å². The number of aliphatic hydroxyl groups excluding tert-OH is 1. The molecule has 2 atom stereocenters. The third kappa shape index (κ3) is 15.2. The zero-order valence-electron chi connectivity index (χ0n) is 25.6. The molecule has 1 N–H and O–H groups in total. The number of amides is 1. The van der Waals surface area contributed by atoms with Crippen molar-refractivity contribution in [3.63, 3.8) is 0 Å². The molecule has 0 bridgehead atoms. The van der Waals surface area contributed by atoms with Crippen molar-refractivity contribution in [1.82, 2.24) is 9.96 Å². The lowest BCUT2D eigenvalue weighted by Gasteiger charge is -2.36. The van der Waals surface area contributed by atoms with Gasteiger partial charge in [-0.3, -0.25) is 9.63 Å². The Balaban J connectivity index is 0. The van der Waals surface area contributed by atoms with Crippen LogP contribution in [-0.2, 0) is 14.4 Å². The van der Waals surface area contributed by atoms with Gasteiger partial charge in [0.2, 0.25) is 0 Å². The van der Waals surface area contributed by atoms with Crippen LogP contribution in [0, 0.1) is 5.92 Å². The normalized spacial score (nSPS) is 18.4. The van der Waals surface area contributed by atoms with Gasteiger partial charge >= 0.3 is 0 Å². The van der Waals surface area contributed by atoms with Gasteiger partial charge < -0.3 is 14.7 Å². The van der Waals surface area contributed by atoms with E-state index in [0.717, 1.165) is 44.5 Å². The Hall–Kier alpha value is -2.29. The van der Waals surface area contributed by atoms with Crippen LogP contribution in [0.3, 0.4) is 0 Å². The SMILES string of the molecule is C=CCN1C(CCCCCOC(C)(C)C)=NC(=C/C(C)C(=O)N(C)OC)/C(=C\C)C1O.CC.CC/C=C/F. The van der Waals surface area contributed by atoms with E-state index in [1.807, 2.05) is 38.7 Å². The van der Waals surface area contributed by atoms with E-state index in [4.69, 9.17) is 14.6 Å². The molecule has 220 valence electrons. The summed E-state index contributed by atoms with van der Waals surface area (Å²) >= 11 is 0. The third-order valence-electron chi connectivity index (χ3n) is 5.37. The average molecular weight is 540 g/mol. The van der Waals surface area contributed by atoms with Crippen LogP contribution >= 0.6 is 0 Å². The van der Waals surface area contributed by atoms with Crippen molar-refractivity contribution in [2.45, 2.75) is 99.3 Å². The number of carbonyl (C=O) groups is 1. The molecule has 0 aromatic rings. The molecule has 1 amide bonds. The number of ether oxygens (including phenoxy) is 1. The van der Waals surface area contributed by atoms with Crippen LogP contribution in [-0.4, -0.2) is 66.0 Å². The molecular formula is C30H54FN3O4. The summed E-state index contributed by atoms with van der Waals surface area (Å²) in [5.41, 5.74) is 1.20. The fourth-order valence-electron chi connectivity index (χ4n) is 3.40. The zero-order valence-corrected chi connectivity index (χ0v) is 25.6. The van der Waals surface area contributed by atoms with Crippen molar-refractivity contribution in [2.24, 2.45) is 10.9 Å². The maximum absolute atomic E-state index is 12.4. The molecule has 1 aliphatic heterocycles. The van der Waals surface area contributed by atoms with Crippen molar-refractivity contribution < 1.29 is 23.9 Å². The molecule has 0 radical (unpaired) electrons. The summed E-state index contributed by atoms with van der Waals surface area (Å²) in [5.74, 6) is 0.192. The highest BCUT2D eigenvalue weighted by atomic mass is 19.1. The number of hydroxylamine groups is 2. The second-order valence-corrected chi connectivity index (χ2v) is 9.49. The lowest BCUT2D eigenvalue weighted by molar-refractivity contribution is -0.171. The molecule has 1 heterocycles. The third-order valence-corrected chi connectivity index (χ3v) is 5.37. The molecule has 0 aromatic heterocycles. The predicted molar refractivity (Wildman–Crippen MR) is 157 cm³/mol. The number of unbranched alkanes of at least 4 members (excludes halogenated alkanes) is 2. The van der Waals surface area contributed by atoms with Crippen LogP contribution in [0.2, 0.25) is 0 Å². The number of hydrogen-bond donors (Lipinski definition) is 1. The largest absolute Gasteiger partial charge is 0.376 e. The topological polar surface area (TPSA) is 74.6 Å². The highest BCUT2D eigenvalue weighted by molar-refractivity contribution is 5.86.